The van der Waals surface area contributed by atoms with Gasteiger partial charge in [0.25, 0.3) is 0 Å². The number of ether oxygens (including phenoxy) is 3. The van der Waals surface area contributed by atoms with E-state index in [0.717, 1.165) is 38.7 Å². The van der Waals surface area contributed by atoms with Gasteiger partial charge in [0.15, 0.2) is 5.60 Å². The molecule has 21 heavy (non-hydrogen) atoms. The Hall–Kier alpha value is -0.980. The third-order valence-corrected chi connectivity index (χ3v) is 3.59. The van der Waals surface area contributed by atoms with Gasteiger partial charge in [-0.05, 0) is 39.5 Å². The average Bonchev–Trinajstić information content (AvgIpc) is 2.94. The lowest BCUT2D eigenvalue weighted by atomic mass is 9.94. The van der Waals surface area contributed by atoms with Gasteiger partial charge in [-0.3, -0.25) is 0 Å². The predicted octanol–water partition coefficient (Wildman–Crippen LogP) is 2.47. The third-order valence-electron chi connectivity index (χ3n) is 3.59. The monoisotopic (exact) mass is 298 g/mol. The molecule has 1 aromatic heterocycles. The zero-order valence-electron chi connectivity index (χ0n) is 13.3. The summed E-state index contributed by atoms with van der Waals surface area (Å²) in [6.07, 6.45) is 4.89. The van der Waals surface area contributed by atoms with Gasteiger partial charge < -0.3 is 18.7 Å². The minimum Gasteiger partial charge on any atom is -0.381 e. The summed E-state index contributed by atoms with van der Waals surface area (Å²) >= 11 is 0. The smallest absolute Gasteiger partial charge is 0.226 e. The topological polar surface area (TPSA) is 66.6 Å². The van der Waals surface area contributed by atoms with E-state index < -0.39 is 5.60 Å². The summed E-state index contributed by atoms with van der Waals surface area (Å²) in [7, 11) is 1.67. The van der Waals surface area contributed by atoms with Crippen molar-refractivity contribution in [1.82, 2.24) is 10.1 Å². The number of aryl methyl sites for hydroxylation is 1. The lowest BCUT2D eigenvalue weighted by Gasteiger charge is -2.33. The summed E-state index contributed by atoms with van der Waals surface area (Å²) in [6, 6.07) is 0. The van der Waals surface area contributed by atoms with Crippen molar-refractivity contribution < 1.29 is 18.7 Å². The highest BCUT2D eigenvalue weighted by molar-refractivity contribution is 5.03. The van der Waals surface area contributed by atoms with Crippen LogP contribution in [0.3, 0.4) is 0 Å². The number of methoxy groups -OCH3 is 1. The fourth-order valence-electron chi connectivity index (χ4n) is 2.52. The summed E-state index contributed by atoms with van der Waals surface area (Å²) in [5.41, 5.74) is -0.539. The quantitative estimate of drug-likeness (QED) is 0.687. The number of nitrogens with zero attached hydrogens (tertiary/aromatic N) is 2. The molecule has 1 aromatic rings. The molecule has 1 aliphatic rings. The van der Waals surface area contributed by atoms with E-state index in [9.17, 15) is 0 Å². The van der Waals surface area contributed by atoms with Crippen LogP contribution >= 0.6 is 0 Å². The minimum absolute atomic E-state index is 0.254. The van der Waals surface area contributed by atoms with Gasteiger partial charge in [0, 0.05) is 26.7 Å². The molecule has 120 valence electrons. The molecule has 1 aliphatic heterocycles. The number of rotatable bonds is 8. The molecular formula is C15H26N2O4. The van der Waals surface area contributed by atoms with Crippen LogP contribution in [0.5, 0.6) is 0 Å². The van der Waals surface area contributed by atoms with Gasteiger partial charge in [-0.25, -0.2) is 0 Å². The van der Waals surface area contributed by atoms with Gasteiger partial charge in [-0.2, -0.15) is 4.98 Å². The Kier molecular flexibility index (Phi) is 6.14. The lowest BCUT2D eigenvalue weighted by Crippen LogP contribution is -2.39. The molecule has 2 heterocycles. The van der Waals surface area contributed by atoms with Crippen LogP contribution in [-0.2, 0) is 26.2 Å². The number of hydrogen-bond donors (Lipinski definition) is 0. The Bertz CT molecular complexity index is 408. The number of hydrogen-bond acceptors (Lipinski definition) is 6. The predicted molar refractivity (Wildman–Crippen MR) is 77.1 cm³/mol. The first-order chi connectivity index (χ1) is 10.2. The van der Waals surface area contributed by atoms with E-state index >= 15 is 0 Å². The maximum atomic E-state index is 5.93. The van der Waals surface area contributed by atoms with Crippen LogP contribution in [0.1, 0.15) is 51.2 Å². The molecular weight excluding hydrogens is 272 g/mol. The van der Waals surface area contributed by atoms with E-state index in [-0.39, 0.29) is 6.10 Å². The van der Waals surface area contributed by atoms with Gasteiger partial charge >= 0.3 is 0 Å². The Labute approximate surface area is 126 Å². The molecule has 0 N–H and O–H groups in total. The summed E-state index contributed by atoms with van der Waals surface area (Å²) in [5.74, 6) is 1.26. The molecule has 6 nitrogen and oxygen atoms in total. The van der Waals surface area contributed by atoms with Crippen molar-refractivity contribution in [1.29, 1.82) is 0 Å². The SMILES string of the molecule is COCC1(c2noc(CCCOC(C)C)n2)CCCCO1. The maximum absolute atomic E-state index is 5.93. The second kappa shape index (κ2) is 7.87. The fraction of sp³-hybridized carbons (Fsp3) is 0.867. The van der Waals surface area contributed by atoms with Crippen molar-refractivity contribution in [2.75, 3.05) is 26.9 Å². The van der Waals surface area contributed by atoms with Crippen LogP contribution in [0.15, 0.2) is 4.52 Å². The third kappa shape index (κ3) is 4.49. The van der Waals surface area contributed by atoms with Crippen LogP contribution in [0, 0.1) is 0 Å². The first kappa shape index (κ1) is 16.4. The molecule has 2 rings (SSSR count). The minimum atomic E-state index is -0.539. The second-order valence-corrected chi connectivity index (χ2v) is 5.77. The Balaban J connectivity index is 1.93. The van der Waals surface area contributed by atoms with Crippen molar-refractivity contribution in [3.8, 4) is 0 Å². The van der Waals surface area contributed by atoms with Crippen molar-refractivity contribution in [2.45, 2.75) is 57.7 Å². The molecule has 6 heteroatoms. The van der Waals surface area contributed by atoms with Crippen LogP contribution in [0.25, 0.3) is 0 Å². The van der Waals surface area contributed by atoms with Gasteiger partial charge in [0.1, 0.15) is 0 Å². The molecule has 1 atom stereocenters. The molecule has 0 saturated carbocycles. The molecule has 1 unspecified atom stereocenters. The van der Waals surface area contributed by atoms with E-state index in [0.29, 0.717) is 24.9 Å². The summed E-state index contributed by atoms with van der Waals surface area (Å²) < 4.78 is 22.1. The van der Waals surface area contributed by atoms with Gasteiger partial charge in [-0.1, -0.05) is 5.16 Å². The molecule has 0 aromatic carbocycles. The van der Waals surface area contributed by atoms with Gasteiger partial charge in [-0.15, -0.1) is 0 Å². The van der Waals surface area contributed by atoms with Gasteiger partial charge in [0.05, 0.1) is 12.7 Å². The molecule has 1 saturated heterocycles. The summed E-state index contributed by atoms with van der Waals surface area (Å²) in [5, 5.41) is 4.11. The molecule has 0 bridgehead atoms. The first-order valence-electron chi connectivity index (χ1n) is 7.74. The van der Waals surface area contributed by atoms with Crippen LogP contribution < -0.4 is 0 Å². The zero-order valence-corrected chi connectivity index (χ0v) is 13.3. The highest BCUT2D eigenvalue weighted by atomic mass is 16.5. The van der Waals surface area contributed by atoms with Crippen LogP contribution in [0.4, 0.5) is 0 Å². The Morgan fingerprint density at radius 1 is 1.33 bits per heavy atom. The number of aromatic nitrogens is 2. The van der Waals surface area contributed by atoms with E-state index in [1.807, 2.05) is 13.8 Å². The molecule has 0 radical (unpaired) electrons. The van der Waals surface area contributed by atoms with Gasteiger partial charge in [0.2, 0.25) is 11.7 Å². The molecule has 0 spiro atoms. The summed E-state index contributed by atoms with van der Waals surface area (Å²) in [4.78, 5) is 4.50. The summed E-state index contributed by atoms with van der Waals surface area (Å²) in [6.45, 7) is 5.94. The average molecular weight is 298 g/mol. The highest BCUT2D eigenvalue weighted by Gasteiger charge is 2.40. The molecule has 1 fully saturated rings. The largest absolute Gasteiger partial charge is 0.381 e. The van der Waals surface area contributed by atoms with E-state index in [1.54, 1.807) is 7.11 Å². The Morgan fingerprint density at radius 3 is 2.86 bits per heavy atom. The van der Waals surface area contributed by atoms with E-state index in [2.05, 4.69) is 10.1 Å². The normalized spacial score (nSPS) is 22.9. The maximum Gasteiger partial charge on any atom is 0.226 e. The van der Waals surface area contributed by atoms with Crippen molar-refractivity contribution in [2.24, 2.45) is 0 Å². The van der Waals surface area contributed by atoms with Crippen LogP contribution in [0.2, 0.25) is 0 Å². The second-order valence-electron chi connectivity index (χ2n) is 5.77. The zero-order chi connectivity index (χ0) is 15.1. The first-order valence-corrected chi connectivity index (χ1v) is 7.74. The molecule has 0 amide bonds. The molecule has 0 aliphatic carbocycles. The standard InChI is InChI=1S/C15H26N2O4/c1-12(2)19-9-6-7-13-16-14(17-21-13)15(11-18-3)8-4-5-10-20-15/h12H,4-11H2,1-3H3. The van der Waals surface area contributed by atoms with Crippen LogP contribution in [-0.4, -0.2) is 43.2 Å². The lowest BCUT2D eigenvalue weighted by molar-refractivity contribution is -0.127. The Morgan fingerprint density at radius 2 is 2.19 bits per heavy atom. The van der Waals surface area contributed by atoms with E-state index in [4.69, 9.17) is 18.7 Å². The van der Waals surface area contributed by atoms with Crippen molar-refractivity contribution in [3.63, 3.8) is 0 Å². The van der Waals surface area contributed by atoms with Crippen molar-refractivity contribution in [3.05, 3.63) is 11.7 Å². The fourth-order valence-corrected chi connectivity index (χ4v) is 2.52. The van der Waals surface area contributed by atoms with E-state index in [1.165, 1.54) is 0 Å². The van der Waals surface area contributed by atoms with Crippen molar-refractivity contribution >= 4 is 0 Å². The highest BCUT2D eigenvalue weighted by Crippen LogP contribution is 2.33.